The van der Waals surface area contributed by atoms with Gasteiger partial charge < -0.3 is 10.2 Å². The summed E-state index contributed by atoms with van der Waals surface area (Å²) < 4.78 is 0. The molecule has 0 saturated carbocycles. The number of rotatable bonds is 5. The molecule has 4 heteroatoms. The first-order valence-electron chi connectivity index (χ1n) is 8.18. The van der Waals surface area contributed by atoms with Crippen molar-refractivity contribution >= 4 is 23.2 Å². The number of nitrogens with one attached hydrogen (secondary N) is 1. The zero-order valence-electron chi connectivity index (χ0n) is 15.0. The molecule has 1 atom stereocenters. The van der Waals surface area contributed by atoms with E-state index < -0.39 is 0 Å². The number of amides is 1. The molecule has 0 fully saturated rings. The maximum atomic E-state index is 12.7. The zero-order valence-corrected chi connectivity index (χ0v) is 15.7. The number of carbonyl (C=O) groups excluding carboxylic acids is 1. The van der Waals surface area contributed by atoms with E-state index in [2.05, 4.69) is 12.2 Å². The van der Waals surface area contributed by atoms with Gasteiger partial charge in [0.25, 0.3) is 5.91 Å². The van der Waals surface area contributed by atoms with Gasteiger partial charge in [-0.1, -0.05) is 42.3 Å². The third kappa shape index (κ3) is 4.09. The van der Waals surface area contributed by atoms with Gasteiger partial charge >= 0.3 is 0 Å². The van der Waals surface area contributed by atoms with Crippen molar-refractivity contribution in [2.45, 2.75) is 33.2 Å². The Labute approximate surface area is 149 Å². The molecule has 0 aliphatic rings. The fourth-order valence-electron chi connectivity index (χ4n) is 2.81. The Morgan fingerprint density at radius 3 is 2.46 bits per heavy atom. The van der Waals surface area contributed by atoms with Crippen molar-refractivity contribution in [2.24, 2.45) is 0 Å². The predicted molar refractivity (Wildman–Crippen MR) is 102 cm³/mol. The molecule has 1 unspecified atom stereocenters. The molecule has 1 amide bonds. The molecule has 2 rings (SSSR count). The number of benzene rings is 2. The highest BCUT2D eigenvalue weighted by Crippen LogP contribution is 2.29. The lowest BCUT2D eigenvalue weighted by Gasteiger charge is -2.21. The Morgan fingerprint density at radius 1 is 1.17 bits per heavy atom. The topological polar surface area (TPSA) is 32.3 Å². The Balaban J connectivity index is 2.26. The van der Waals surface area contributed by atoms with E-state index in [1.807, 2.05) is 69.2 Å². The van der Waals surface area contributed by atoms with Crippen molar-refractivity contribution in [1.29, 1.82) is 0 Å². The van der Waals surface area contributed by atoms with E-state index >= 15 is 0 Å². The van der Waals surface area contributed by atoms with Crippen LogP contribution in [0.5, 0.6) is 0 Å². The number of halogens is 1. The number of carbonyl (C=O) groups is 1. The smallest absolute Gasteiger partial charge is 0.252 e. The van der Waals surface area contributed by atoms with Crippen molar-refractivity contribution in [3.8, 4) is 0 Å². The average Bonchev–Trinajstić information content (AvgIpc) is 2.52. The molecular weight excluding hydrogens is 320 g/mol. The van der Waals surface area contributed by atoms with Crippen molar-refractivity contribution in [2.75, 3.05) is 19.0 Å². The summed E-state index contributed by atoms with van der Waals surface area (Å²) >= 11 is 6.25. The van der Waals surface area contributed by atoms with Gasteiger partial charge in [-0.25, -0.2) is 0 Å². The molecule has 3 nitrogen and oxygen atoms in total. The molecule has 0 saturated heterocycles. The number of nitrogens with zero attached hydrogens (tertiary/aromatic N) is 1. The third-order valence-electron chi connectivity index (χ3n) is 4.19. The first kappa shape index (κ1) is 18.3. The second-order valence-electron chi connectivity index (χ2n) is 6.36. The van der Waals surface area contributed by atoms with Crippen LogP contribution in [0.15, 0.2) is 36.4 Å². The second-order valence-corrected chi connectivity index (χ2v) is 6.77. The molecule has 0 radical (unpaired) electrons. The van der Waals surface area contributed by atoms with Crippen LogP contribution in [-0.2, 0) is 0 Å². The first-order valence-corrected chi connectivity index (χ1v) is 8.56. The maximum Gasteiger partial charge on any atom is 0.252 e. The van der Waals surface area contributed by atoms with Gasteiger partial charge in [-0.15, -0.1) is 0 Å². The highest BCUT2D eigenvalue weighted by molar-refractivity contribution is 6.33. The van der Waals surface area contributed by atoms with E-state index in [1.165, 1.54) is 0 Å². The monoisotopic (exact) mass is 344 g/mol. The van der Waals surface area contributed by atoms with Gasteiger partial charge in [-0.3, -0.25) is 4.79 Å². The van der Waals surface area contributed by atoms with E-state index in [4.69, 9.17) is 11.6 Å². The maximum absolute atomic E-state index is 12.7. The highest BCUT2D eigenvalue weighted by atomic mass is 35.5. The van der Waals surface area contributed by atoms with Crippen LogP contribution in [0.4, 0.5) is 5.69 Å². The summed E-state index contributed by atoms with van der Waals surface area (Å²) in [7, 11) is 3.92. The normalized spacial score (nSPS) is 11.9. The van der Waals surface area contributed by atoms with Crippen LogP contribution in [-0.4, -0.2) is 20.0 Å². The van der Waals surface area contributed by atoms with Crippen LogP contribution in [0, 0.1) is 13.8 Å². The van der Waals surface area contributed by atoms with Gasteiger partial charge in [0.1, 0.15) is 0 Å². The molecule has 2 aromatic rings. The van der Waals surface area contributed by atoms with Crippen LogP contribution in [0.1, 0.15) is 46.4 Å². The third-order valence-corrected chi connectivity index (χ3v) is 4.51. The molecule has 0 aromatic heterocycles. The lowest BCUT2D eigenvalue weighted by molar-refractivity contribution is 0.0935. The van der Waals surface area contributed by atoms with Crippen molar-refractivity contribution < 1.29 is 4.79 Å². The highest BCUT2D eigenvalue weighted by Gasteiger charge is 2.17. The fourth-order valence-corrected chi connectivity index (χ4v) is 3.10. The number of hydrogen-bond acceptors (Lipinski definition) is 2. The Hall–Kier alpha value is -2.00. The van der Waals surface area contributed by atoms with Crippen LogP contribution in [0.25, 0.3) is 0 Å². The molecule has 0 spiro atoms. The van der Waals surface area contributed by atoms with Gasteiger partial charge in [0.05, 0.1) is 16.8 Å². The standard InChI is InChI=1S/C20H25ClN2O/c1-6-18(15-8-10-17(21)19(12-15)23(4)5)22-20(24)16-9-7-13(2)11-14(16)3/h7-12,18H,6H2,1-5H3,(H,22,24). The summed E-state index contributed by atoms with van der Waals surface area (Å²) in [5, 5.41) is 3.85. The lowest BCUT2D eigenvalue weighted by Crippen LogP contribution is -2.29. The summed E-state index contributed by atoms with van der Waals surface area (Å²) in [6.07, 6.45) is 0.811. The summed E-state index contributed by atoms with van der Waals surface area (Å²) in [5.41, 5.74) is 4.88. The van der Waals surface area contributed by atoms with E-state index in [0.717, 1.165) is 34.4 Å². The lowest BCUT2D eigenvalue weighted by atomic mass is 10.0. The van der Waals surface area contributed by atoms with E-state index in [0.29, 0.717) is 5.02 Å². The van der Waals surface area contributed by atoms with Crippen molar-refractivity contribution in [3.05, 3.63) is 63.7 Å². The largest absolute Gasteiger partial charge is 0.376 e. The molecule has 0 aliphatic carbocycles. The van der Waals surface area contributed by atoms with Gasteiger partial charge in [0.15, 0.2) is 0 Å². The van der Waals surface area contributed by atoms with E-state index in [-0.39, 0.29) is 11.9 Å². The Morgan fingerprint density at radius 2 is 1.88 bits per heavy atom. The van der Waals surface area contributed by atoms with E-state index in [9.17, 15) is 4.79 Å². The number of hydrogen-bond donors (Lipinski definition) is 1. The quantitative estimate of drug-likeness (QED) is 0.836. The molecule has 1 N–H and O–H groups in total. The Bertz CT molecular complexity index is 740. The first-order chi connectivity index (χ1) is 11.3. The molecule has 2 aromatic carbocycles. The zero-order chi connectivity index (χ0) is 17.9. The van der Waals surface area contributed by atoms with Gasteiger partial charge in [-0.05, 0) is 49.6 Å². The number of anilines is 1. The molecule has 0 bridgehead atoms. The molecule has 24 heavy (non-hydrogen) atoms. The van der Waals surface area contributed by atoms with Gasteiger partial charge in [0.2, 0.25) is 0 Å². The minimum absolute atomic E-state index is 0.0410. The number of aryl methyl sites for hydroxylation is 2. The fraction of sp³-hybridized carbons (Fsp3) is 0.350. The molecule has 0 heterocycles. The summed E-state index contributed by atoms with van der Waals surface area (Å²) in [4.78, 5) is 14.6. The van der Waals surface area contributed by atoms with Crippen LogP contribution in [0.2, 0.25) is 5.02 Å². The SMILES string of the molecule is CCC(NC(=O)c1ccc(C)cc1C)c1ccc(Cl)c(N(C)C)c1. The van der Waals surface area contributed by atoms with E-state index in [1.54, 1.807) is 0 Å². The average molecular weight is 345 g/mol. The van der Waals surface area contributed by atoms with Gasteiger partial charge in [-0.2, -0.15) is 0 Å². The summed E-state index contributed by atoms with van der Waals surface area (Å²) in [6, 6.07) is 11.7. The van der Waals surface area contributed by atoms with Crippen LogP contribution in [0.3, 0.4) is 0 Å². The van der Waals surface area contributed by atoms with Crippen molar-refractivity contribution in [3.63, 3.8) is 0 Å². The molecular formula is C20H25ClN2O. The minimum Gasteiger partial charge on any atom is -0.376 e. The van der Waals surface area contributed by atoms with Crippen LogP contribution < -0.4 is 10.2 Å². The Kier molecular flexibility index (Phi) is 5.89. The summed E-state index contributed by atoms with van der Waals surface area (Å²) in [5.74, 6) is -0.0410. The molecule has 128 valence electrons. The predicted octanol–water partition coefficient (Wildman–Crippen LogP) is 4.90. The van der Waals surface area contributed by atoms with Crippen LogP contribution >= 0.6 is 11.6 Å². The summed E-state index contributed by atoms with van der Waals surface area (Å²) in [6.45, 7) is 6.06. The second kappa shape index (κ2) is 7.71. The molecule has 0 aliphatic heterocycles. The van der Waals surface area contributed by atoms with Gasteiger partial charge in [0, 0.05) is 19.7 Å². The van der Waals surface area contributed by atoms with Crippen molar-refractivity contribution in [1.82, 2.24) is 5.32 Å². The minimum atomic E-state index is -0.0471.